The average molecular weight is 298 g/mol. The predicted molar refractivity (Wildman–Crippen MR) is 67.5 cm³/mol. The van der Waals surface area contributed by atoms with Crippen LogP contribution in [0.1, 0.15) is 18.5 Å². The molecule has 5 heteroatoms. The van der Waals surface area contributed by atoms with Crippen molar-refractivity contribution in [1.29, 1.82) is 0 Å². The molecule has 0 saturated carbocycles. The number of rotatable bonds is 4. The molecule has 1 unspecified atom stereocenters. The molecule has 17 heavy (non-hydrogen) atoms. The second-order valence-electron chi connectivity index (χ2n) is 3.46. The number of benzene rings is 1. The summed E-state index contributed by atoms with van der Waals surface area (Å²) in [4.78, 5) is 21.6. The van der Waals surface area contributed by atoms with Crippen LogP contribution in [0.25, 0.3) is 0 Å². The van der Waals surface area contributed by atoms with E-state index < -0.39 is 11.9 Å². The molecule has 0 spiro atoms. The number of carboxylic acid groups (broad SMARTS) is 1. The van der Waals surface area contributed by atoms with Gasteiger partial charge in [-0.1, -0.05) is 28.1 Å². The minimum absolute atomic E-state index is 0.182. The number of carbonyl (C=O) groups excluding carboxylic acids is 1. The molecule has 0 saturated heterocycles. The normalized spacial score (nSPS) is 12.4. The fraction of sp³-hybridized carbons (Fsp3) is 0.167. The van der Waals surface area contributed by atoms with Crippen LogP contribution in [0.3, 0.4) is 0 Å². The molecule has 0 aliphatic rings. The number of amides is 1. The van der Waals surface area contributed by atoms with Gasteiger partial charge in [0.25, 0.3) is 0 Å². The SMILES string of the molecule is CC(NC(=O)/C=C/C(=O)O)c1cccc(Br)c1. The fourth-order valence-corrected chi connectivity index (χ4v) is 1.68. The zero-order valence-electron chi connectivity index (χ0n) is 9.18. The number of hydrogen-bond donors (Lipinski definition) is 2. The maximum absolute atomic E-state index is 11.3. The van der Waals surface area contributed by atoms with Crippen molar-refractivity contribution in [3.05, 3.63) is 46.5 Å². The third kappa shape index (κ3) is 4.82. The van der Waals surface area contributed by atoms with Gasteiger partial charge in [-0.3, -0.25) is 4.79 Å². The molecule has 0 aromatic heterocycles. The molecule has 4 nitrogen and oxygen atoms in total. The van der Waals surface area contributed by atoms with Gasteiger partial charge in [-0.15, -0.1) is 0 Å². The summed E-state index contributed by atoms with van der Waals surface area (Å²) in [5.74, 6) is -1.57. The molecular formula is C12H12BrNO3. The second-order valence-corrected chi connectivity index (χ2v) is 4.37. The van der Waals surface area contributed by atoms with Crippen LogP contribution < -0.4 is 5.32 Å². The number of hydrogen-bond acceptors (Lipinski definition) is 2. The van der Waals surface area contributed by atoms with E-state index in [1.165, 1.54) is 0 Å². The summed E-state index contributed by atoms with van der Waals surface area (Å²) < 4.78 is 0.928. The minimum Gasteiger partial charge on any atom is -0.478 e. The number of carbonyl (C=O) groups is 2. The van der Waals surface area contributed by atoms with Crippen LogP contribution in [-0.4, -0.2) is 17.0 Å². The summed E-state index contributed by atoms with van der Waals surface area (Å²) in [7, 11) is 0. The van der Waals surface area contributed by atoms with E-state index in [1.54, 1.807) is 0 Å². The van der Waals surface area contributed by atoms with E-state index in [0.717, 1.165) is 22.2 Å². The van der Waals surface area contributed by atoms with E-state index in [1.807, 2.05) is 31.2 Å². The predicted octanol–water partition coefficient (Wildman–Crippen LogP) is 2.27. The minimum atomic E-state index is -1.14. The molecule has 1 aromatic carbocycles. The molecule has 0 bridgehead atoms. The van der Waals surface area contributed by atoms with Crippen LogP contribution in [0.15, 0.2) is 40.9 Å². The van der Waals surface area contributed by atoms with Crippen molar-refractivity contribution in [2.45, 2.75) is 13.0 Å². The maximum Gasteiger partial charge on any atom is 0.328 e. The Hall–Kier alpha value is -1.62. The van der Waals surface area contributed by atoms with Gasteiger partial charge >= 0.3 is 5.97 Å². The molecule has 1 atom stereocenters. The van der Waals surface area contributed by atoms with Crippen LogP contribution in [0.2, 0.25) is 0 Å². The second kappa shape index (κ2) is 6.20. The summed E-state index contributed by atoms with van der Waals surface area (Å²) in [6.45, 7) is 1.83. The van der Waals surface area contributed by atoms with Gasteiger partial charge < -0.3 is 10.4 Å². The van der Waals surface area contributed by atoms with Gasteiger partial charge in [0.2, 0.25) is 5.91 Å². The average Bonchev–Trinajstić information content (AvgIpc) is 2.26. The first kappa shape index (κ1) is 13.4. The van der Waals surface area contributed by atoms with Gasteiger partial charge in [-0.05, 0) is 24.6 Å². The van der Waals surface area contributed by atoms with Crippen LogP contribution in [0.4, 0.5) is 0 Å². The number of nitrogens with one attached hydrogen (secondary N) is 1. The van der Waals surface area contributed by atoms with Gasteiger partial charge in [0, 0.05) is 16.6 Å². The van der Waals surface area contributed by atoms with E-state index >= 15 is 0 Å². The summed E-state index contributed by atoms with van der Waals surface area (Å²) in [5, 5.41) is 11.0. The van der Waals surface area contributed by atoms with Crippen LogP contribution in [-0.2, 0) is 9.59 Å². The lowest BCUT2D eigenvalue weighted by Crippen LogP contribution is -2.24. The van der Waals surface area contributed by atoms with E-state index in [9.17, 15) is 9.59 Å². The third-order valence-corrected chi connectivity index (χ3v) is 2.58. The molecule has 2 N–H and O–H groups in total. The Morgan fingerprint density at radius 3 is 2.71 bits per heavy atom. The van der Waals surface area contributed by atoms with E-state index in [0.29, 0.717) is 0 Å². The highest BCUT2D eigenvalue weighted by Crippen LogP contribution is 2.17. The van der Waals surface area contributed by atoms with Crippen molar-refractivity contribution in [3.8, 4) is 0 Å². The van der Waals surface area contributed by atoms with Crippen LogP contribution in [0, 0.1) is 0 Å². The van der Waals surface area contributed by atoms with Gasteiger partial charge in [-0.25, -0.2) is 4.79 Å². The topological polar surface area (TPSA) is 66.4 Å². The van der Waals surface area contributed by atoms with Crippen LogP contribution >= 0.6 is 15.9 Å². The van der Waals surface area contributed by atoms with Gasteiger partial charge in [0.15, 0.2) is 0 Å². The molecule has 0 aliphatic carbocycles. The number of aliphatic carboxylic acids is 1. The Kier molecular flexibility index (Phi) is 4.90. The molecule has 1 rings (SSSR count). The highest BCUT2D eigenvalue weighted by molar-refractivity contribution is 9.10. The van der Waals surface area contributed by atoms with Gasteiger partial charge in [0.05, 0.1) is 6.04 Å². The van der Waals surface area contributed by atoms with Crippen molar-refractivity contribution in [1.82, 2.24) is 5.32 Å². The highest BCUT2D eigenvalue weighted by atomic mass is 79.9. The van der Waals surface area contributed by atoms with Crippen molar-refractivity contribution in [2.24, 2.45) is 0 Å². The van der Waals surface area contributed by atoms with Crippen molar-refractivity contribution < 1.29 is 14.7 Å². The maximum atomic E-state index is 11.3. The van der Waals surface area contributed by atoms with Crippen molar-refractivity contribution in [2.75, 3.05) is 0 Å². The first-order valence-electron chi connectivity index (χ1n) is 4.96. The van der Waals surface area contributed by atoms with E-state index in [2.05, 4.69) is 21.2 Å². The first-order valence-corrected chi connectivity index (χ1v) is 5.75. The highest BCUT2D eigenvalue weighted by Gasteiger charge is 2.07. The zero-order chi connectivity index (χ0) is 12.8. The van der Waals surface area contributed by atoms with E-state index in [-0.39, 0.29) is 6.04 Å². The molecule has 1 amide bonds. The quantitative estimate of drug-likeness (QED) is 0.838. The largest absolute Gasteiger partial charge is 0.478 e. The molecule has 90 valence electrons. The Labute approximate surface area is 107 Å². The number of halogens is 1. The Balaban J connectivity index is 2.63. The van der Waals surface area contributed by atoms with Crippen molar-refractivity contribution >= 4 is 27.8 Å². The van der Waals surface area contributed by atoms with Gasteiger partial charge in [0.1, 0.15) is 0 Å². The molecule has 0 fully saturated rings. The zero-order valence-corrected chi connectivity index (χ0v) is 10.8. The summed E-state index contributed by atoms with van der Waals surface area (Å²) >= 11 is 3.34. The lowest BCUT2D eigenvalue weighted by atomic mass is 10.1. The smallest absolute Gasteiger partial charge is 0.328 e. The Bertz CT molecular complexity index is 457. The fourth-order valence-electron chi connectivity index (χ4n) is 1.27. The lowest BCUT2D eigenvalue weighted by molar-refractivity contribution is -0.131. The Morgan fingerprint density at radius 2 is 2.12 bits per heavy atom. The molecule has 1 aromatic rings. The summed E-state index contributed by atoms with van der Waals surface area (Å²) in [6.07, 6.45) is 1.81. The van der Waals surface area contributed by atoms with Gasteiger partial charge in [-0.2, -0.15) is 0 Å². The molecular weight excluding hydrogens is 286 g/mol. The lowest BCUT2D eigenvalue weighted by Gasteiger charge is -2.13. The standard InChI is InChI=1S/C12H12BrNO3/c1-8(9-3-2-4-10(13)7-9)14-11(15)5-6-12(16)17/h2-8H,1H3,(H,14,15)(H,16,17)/b6-5+. The molecule has 0 aliphatic heterocycles. The summed E-state index contributed by atoms with van der Waals surface area (Å²) in [6, 6.07) is 7.36. The Morgan fingerprint density at radius 1 is 1.41 bits per heavy atom. The first-order chi connectivity index (χ1) is 7.99. The molecule has 0 radical (unpaired) electrons. The monoisotopic (exact) mass is 297 g/mol. The summed E-state index contributed by atoms with van der Waals surface area (Å²) in [5.41, 5.74) is 0.941. The number of carboxylic acids is 1. The van der Waals surface area contributed by atoms with Crippen LogP contribution in [0.5, 0.6) is 0 Å². The van der Waals surface area contributed by atoms with Crippen molar-refractivity contribution in [3.63, 3.8) is 0 Å². The third-order valence-electron chi connectivity index (χ3n) is 2.08. The molecule has 0 heterocycles. The van der Waals surface area contributed by atoms with E-state index in [4.69, 9.17) is 5.11 Å².